The fourth-order valence-corrected chi connectivity index (χ4v) is 1.72. The number of nitro groups is 1. The van der Waals surface area contributed by atoms with Crippen molar-refractivity contribution < 1.29 is 18.1 Å². The van der Waals surface area contributed by atoms with E-state index in [0.29, 0.717) is 18.1 Å². The van der Waals surface area contributed by atoms with Gasteiger partial charge < -0.3 is 5.73 Å². The maximum absolute atomic E-state index is 12.5. The van der Waals surface area contributed by atoms with Crippen LogP contribution in [0, 0.1) is 10.1 Å². The molecule has 0 unspecified atom stereocenters. The highest BCUT2D eigenvalue weighted by Crippen LogP contribution is 2.42. The monoisotopic (exact) mass is 246 g/mol. The first-order chi connectivity index (χ1) is 7.79. The lowest BCUT2D eigenvalue weighted by molar-refractivity contribution is -0.385. The van der Waals surface area contributed by atoms with Crippen molar-refractivity contribution in [2.75, 3.05) is 0 Å². The SMILES string of the molecule is N[C@@H]1C[C@H]1c1cc([N+](=O)[O-])cc(C(F)(F)F)c1. The van der Waals surface area contributed by atoms with Crippen molar-refractivity contribution in [2.45, 2.75) is 24.6 Å². The Hall–Kier alpha value is -1.63. The molecule has 4 nitrogen and oxygen atoms in total. The molecule has 1 aliphatic carbocycles. The molecule has 17 heavy (non-hydrogen) atoms. The molecule has 0 heterocycles. The second-order valence-electron chi connectivity index (χ2n) is 4.07. The molecule has 0 saturated heterocycles. The fraction of sp³-hybridized carbons (Fsp3) is 0.400. The third-order valence-corrected chi connectivity index (χ3v) is 2.75. The summed E-state index contributed by atoms with van der Waals surface area (Å²) >= 11 is 0. The standard InChI is InChI=1S/C10H9F3N2O2/c11-10(12,13)6-1-5(8-4-9(8)14)2-7(3-6)15(16)17/h1-3,8-9H,4,14H2/t8-,9+/m0/s1. The van der Waals surface area contributed by atoms with Crippen LogP contribution < -0.4 is 5.73 Å². The van der Waals surface area contributed by atoms with E-state index in [4.69, 9.17) is 5.73 Å². The number of halogens is 3. The average molecular weight is 246 g/mol. The molecule has 7 heteroatoms. The molecule has 92 valence electrons. The van der Waals surface area contributed by atoms with Crippen molar-refractivity contribution >= 4 is 5.69 Å². The normalized spacial score (nSPS) is 23.5. The molecule has 1 saturated carbocycles. The van der Waals surface area contributed by atoms with E-state index in [0.717, 1.165) is 12.1 Å². The van der Waals surface area contributed by atoms with Crippen molar-refractivity contribution in [2.24, 2.45) is 5.73 Å². The lowest BCUT2D eigenvalue weighted by Crippen LogP contribution is -2.08. The lowest BCUT2D eigenvalue weighted by Gasteiger charge is -2.08. The summed E-state index contributed by atoms with van der Waals surface area (Å²) in [6, 6.07) is 2.44. The predicted molar refractivity (Wildman–Crippen MR) is 53.4 cm³/mol. The number of rotatable bonds is 2. The zero-order valence-corrected chi connectivity index (χ0v) is 8.57. The predicted octanol–water partition coefficient (Wildman–Crippen LogP) is 2.43. The molecule has 1 aromatic carbocycles. The highest BCUT2D eigenvalue weighted by atomic mass is 19.4. The molecule has 0 aliphatic heterocycles. The smallest absolute Gasteiger partial charge is 0.327 e. The number of benzene rings is 1. The van der Waals surface area contributed by atoms with E-state index in [2.05, 4.69) is 0 Å². The molecule has 2 rings (SSSR count). The van der Waals surface area contributed by atoms with Crippen LogP contribution in [0.1, 0.15) is 23.5 Å². The van der Waals surface area contributed by atoms with E-state index in [9.17, 15) is 23.3 Å². The lowest BCUT2D eigenvalue weighted by atomic mass is 10.0. The molecule has 0 bridgehead atoms. The average Bonchev–Trinajstić information content (AvgIpc) is 2.93. The zero-order chi connectivity index (χ0) is 12.8. The van der Waals surface area contributed by atoms with E-state index in [1.807, 2.05) is 0 Å². The number of hydrogen-bond acceptors (Lipinski definition) is 3. The van der Waals surface area contributed by atoms with Gasteiger partial charge in [-0.05, 0) is 18.1 Å². The molecule has 2 N–H and O–H groups in total. The molecule has 0 spiro atoms. The molecular weight excluding hydrogens is 237 g/mol. The van der Waals surface area contributed by atoms with E-state index in [1.165, 1.54) is 0 Å². The number of non-ortho nitro benzene ring substituents is 1. The maximum atomic E-state index is 12.5. The van der Waals surface area contributed by atoms with Crippen molar-refractivity contribution in [1.82, 2.24) is 0 Å². The van der Waals surface area contributed by atoms with Crippen LogP contribution in [0.5, 0.6) is 0 Å². The second kappa shape index (κ2) is 3.69. The quantitative estimate of drug-likeness (QED) is 0.643. The Bertz CT molecular complexity index is 473. The first-order valence-electron chi connectivity index (χ1n) is 4.91. The summed E-state index contributed by atoms with van der Waals surface area (Å²) < 4.78 is 37.6. The summed E-state index contributed by atoms with van der Waals surface area (Å²) in [4.78, 5) is 9.74. The van der Waals surface area contributed by atoms with Crippen LogP contribution in [0.3, 0.4) is 0 Å². The largest absolute Gasteiger partial charge is 0.416 e. The van der Waals surface area contributed by atoms with Crippen LogP contribution in [0.15, 0.2) is 18.2 Å². The molecule has 0 amide bonds. The number of alkyl halides is 3. The van der Waals surface area contributed by atoms with Crippen LogP contribution >= 0.6 is 0 Å². The summed E-state index contributed by atoms with van der Waals surface area (Å²) in [7, 11) is 0. The molecule has 0 aromatic heterocycles. The molecular formula is C10H9F3N2O2. The van der Waals surface area contributed by atoms with Crippen molar-refractivity contribution in [1.29, 1.82) is 0 Å². The molecule has 0 radical (unpaired) electrons. The van der Waals surface area contributed by atoms with Gasteiger partial charge in [-0.1, -0.05) is 0 Å². The first-order valence-corrected chi connectivity index (χ1v) is 4.91. The summed E-state index contributed by atoms with van der Waals surface area (Å²) in [5.41, 5.74) is 4.28. The summed E-state index contributed by atoms with van der Waals surface area (Å²) in [6.07, 6.45) is -4.02. The summed E-state index contributed by atoms with van der Waals surface area (Å²) in [5, 5.41) is 10.6. The van der Waals surface area contributed by atoms with Crippen LogP contribution in [0.25, 0.3) is 0 Å². The minimum Gasteiger partial charge on any atom is -0.327 e. The Morgan fingerprint density at radius 1 is 1.35 bits per heavy atom. The van der Waals surface area contributed by atoms with Crippen molar-refractivity contribution in [3.8, 4) is 0 Å². The van der Waals surface area contributed by atoms with Gasteiger partial charge in [-0.3, -0.25) is 10.1 Å². The minimum absolute atomic E-state index is 0.196. The Morgan fingerprint density at radius 2 is 1.94 bits per heavy atom. The van der Waals surface area contributed by atoms with Gasteiger partial charge in [-0.2, -0.15) is 13.2 Å². The van der Waals surface area contributed by atoms with Crippen LogP contribution in [-0.2, 0) is 6.18 Å². The minimum atomic E-state index is -4.58. The van der Waals surface area contributed by atoms with Gasteiger partial charge in [0.15, 0.2) is 0 Å². The van der Waals surface area contributed by atoms with Crippen LogP contribution in [-0.4, -0.2) is 11.0 Å². The Morgan fingerprint density at radius 3 is 2.35 bits per heavy atom. The van der Waals surface area contributed by atoms with Gasteiger partial charge in [0.25, 0.3) is 5.69 Å². The first kappa shape index (κ1) is 11.8. The van der Waals surface area contributed by atoms with Gasteiger partial charge >= 0.3 is 6.18 Å². The molecule has 1 fully saturated rings. The summed E-state index contributed by atoms with van der Waals surface area (Å²) in [6.45, 7) is 0. The van der Waals surface area contributed by atoms with Gasteiger partial charge in [0.1, 0.15) is 0 Å². The fourth-order valence-electron chi connectivity index (χ4n) is 1.72. The number of hydrogen-bond donors (Lipinski definition) is 1. The Kier molecular flexibility index (Phi) is 2.57. The third-order valence-electron chi connectivity index (χ3n) is 2.75. The van der Waals surface area contributed by atoms with Gasteiger partial charge in [-0.15, -0.1) is 0 Å². The highest BCUT2D eigenvalue weighted by Gasteiger charge is 2.39. The molecule has 2 atom stereocenters. The molecule has 1 aromatic rings. The number of nitrogens with two attached hydrogens (primary N) is 1. The van der Waals surface area contributed by atoms with Gasteiger partial charge in [0.2, 0.25) is 0 Å². The number of nitro benzene ring substituents is 1. The zero-order valence-electron chi connectivity index (χ0n) is 8.57. The van der Waals surface area contributed by atoms with Crippen molar-refractivity contribution in [3.05, 3.63) is 39.4 Å². The Labute approximate surface area is 94.4 Å². The van der Waals surface area contributed by atoms with E-state index in [1.54, 1.807) is 0 Å². The van der Waals surface area contributed by atoms with Crippen LogP contribution in [0.4, 0.5) is 18.9 Å². The summed E-state index contributed by atoms with van der Waals surface area (Å²) in [5.74, 6) is -0.198. The van der Waals surface area contributed by atoms with Gasteiger partial charge in [-0.25, -0.2) is 0 Å². The topological polar surface area (TPSA) is 69.2 Å². The van der Waals surface area contributed by atoms with E-state index in [-0.39, 0.29) is 12.0 Å². The van der Waals surface area contributed by atoms with Crippen molar-refractivity contribution in [3.63, 3.8) is 0 Å². The van der Waals surface area contributed by atoms with E-state index >= 15 is 0 Å². The van der Waals surface area contributed by atoms with Crippen LogP contribution in [0.2, 0.25) is 0 Å². The van der Waals surface area contributed by atoms with E-state index < -0.39 is 22.4 Å². The molecule has 1 aliphatic rings. The van der Waals surface area contributed by atoms with Gasteiger partial charge in [0.05, 0.1) is 10.5 Å². The third kappa shape index (κ3) is 2.38. The highest BCUT2D eigenvalue weighted by molar-refractivity contribution is 5.44. The Balaban J connectivity index is 2.47. The maximum Gasteiger partial charge on any atom is 0.416 e. The van der Waals surface area contributed by atoms with Gasteiger partial charge in [0, 0.05) is 24.1 Å². The second-order valence-corrected chi connectivity index (χ2v) is 4.07. The number of nitrogens with zero attached hydrogens (tertiary/aromatic N) is 1.